The van der Waals surface area contributed by atoms with Crippen molar-refractivity contribution in [1.29, 1.82) is 0 Å². The van der Waals surface area contributed by atoms with Gasteiger partial charge in [-0.2, -0.15) is 4.79 Å². The van der Waals surface area contributed by atoms with Gasteiger partial charge in [-0.3, -0.25) is 9.59 Å². The van der Waals surface area contributed by atoms with Crippen LogP contribution in [0.15, 0.2) is 27.8 Å². The fraction of sp³-hybridized carbons (Fsp3) is 0.526. The second-order valence-corrected chi connectivity index (χ2v) is 6.11. The smallest absolute Gasteiger partial charge is 0.410 e. The fourth-order valence-electron chi connectivity index (χ4n) is 2.93. The van der Waals surface area contributed by atoms with Gasteiger partial charge in [0.05, 0.1) is 12.0 Å². The van der Waals surface area contributed by atoms with Crippen molar-refractivity contribution in [3.8, 4) is 5.75 Å². The standard InChI is InChI=1S/C19H24N2O3/c1-2-3-4-5-6-7-8-9-13-24-15-12-10-11-14-16(15)19(23)17(21-20)18(14)22/h10-12H,2-9,13H2,1H3. The summed E-state index contributed by atoms with van der Waals surface area (Å²) in [6, 6.07) is 4.90. The van der Waals surface area contributed by atoms with E-state index in [1.54, 1.807) is 18.2 Å². The van der Waals surface area contributed by atoms with Crippen LogP contribution in [0.5, 0.6) is 5.75 Å². The van der Waals surface area contributed by atoms with Crippen molar-refractivity contribution >= 4 is 10.8 Å². The van der Waals surface area contributed by atoms with E-state index >= 15 is 0 Å². The van der Waals surface area contributed by atoms with E-state index in [-0.39, 0.29) is 10.8 Å². The first-order chi connectivity index (χ1) is 11.7. The molecule has 24 heavy (non-hydrogen) atoms. The van der Waals surface area contributed by atoms with Gasteiger partial charge in [0.1, 0.15) is 5.75 Å². The van der Waals surface area contributed by atoms with E-state index < -0.39 is 16.2 Å². The number of hydrogen-bond donors (Lipinski definition) is 0. The number of hydrogen-bond acceptors (Lipinski definition) is 3. The van der Waals surface area contributed by atoms with Gasteiger partial charge in [-0.1, -0.05) is 57.9 Å². The van der Waals surface area contributed by atoms with Crippen LogP contribution in [0.3, 0.4) is 0 Å². The minimum absolute atomic E-state index is 0.217. The second kappa shape index (κ2) is 9.14. The van der Waals surface area contributed by atoms with E-state index in [0.717, 1.165) is 12.8 Å². The van der Waals surface area contributed by atoms with E-state index in [4.69, 9.17) is 10.3 Å². The minimum atomic E-state index is -0.566. The predicted octanol–water partition coefficient (Wildman–Crippen LogP) is 3.09. The lowest BCUT2D eigenvalue weighted by Gasteiger charge is -2.07. The molecule has 0 aliphatic rings. The number of fused-ring (bicyclic) bond motifs is 1. The SMILES string of the molecule is CCCCCCCCCCOc1cccc2c(=O)c(=[N+]=[N-])c(=O)c12. The predicted molar refractivity (Wildman–Crippen MR) is 93.7 cm³/mol. The number of benzene rings is 1. The van der Waals surface area contributed by atoms with E-state index in [2.05, 4.69) is 11.7 Å². The summed E-state index contributed by atoms with van der Waals surface area (Å²) in [6.45, 7) is 2.73. The average molecular weight is 328 g/mol. The van der Waals surface area contributed by atoms with Gasteiger partial charge in [-0.15, -0.1) is 0 Å². The summed E-state index contributed by atoms with van der Waals surface area (Å²) in [7, 11) is 0. The van der Waals surface area contributed by atoms with Gasteiger partial charge < -0.3 is 10.3 Å². The Morgan fingerprint density at radius 3 is 2.29 bits per heavy atom. The molecule has 5 heteroatoms. The largest absolute Gasteiger partial charge is 0.493 e. The third kappa shape index (κ3) is 4.18. The molecule has 0 amide bonds. The van der Waals surface area contributed by atoms with E-state index in [0.29, 0.717) is 12.4 Å². The highest BCUT2D eigenvalue weighted by Gasteiger charge is 2.19. The van der Waals surface area contributed by atoms with Crippen LogP contribution in [0.1, 0.15) is 58.3 Å². The Balaban J connectivity index is 1.89. The van der Waals surface area contributed by atoms with E-state index in [1.807, 2.05) is 0 Å². The molecular formula is C19H24N2O3. The van der Waals surface area contributed by atoms with Crippen LogP contribution in [-0.2, 0) is 0 Å². The quantitative estimate of drug-likeness (QED) is 0.382. The first kappa shape index (κ1) is 18.1. The van der Waals surface area contributed by atoms with Crippen LogP contribution in [0.2, 0.25) is 0 Å². The summed E-state index contributed by atoms with van der Waals surface area (Å²) >= 11 is 0. The van der Waals surface area contributed by atoms with Crippen LogP contribution < -0.4 is 21.0 Å². The van der Waals surface area contributed by atoms with Gasteiger partial charge in [-0.05, 0) is 18.6 Å². The molecule has 0 radical (unpaired) electrons. The Morgan fingerprint density at radius 2 is 1.62 bits per heavy atom. The molecule has 2 aromatic rings. The molecule has 5 nitrogen and oxygen atoms in total. The molecule has 0 unspecified atom stereocenters. The van der Waals surface area contributed by atoms with Crippen LogP contribution in [-0.4, -0.2) is 11.4 Å². The summed E-state index contributed by atoms with van der Waals surface area (Å²) in [4.78, 5) is 26.9. The third-order valence-electron chi connectivity index (χ3n) is 4.28. The van der Waals surface area contributed by atoms with Crippen molar-refractivity contribution in [3.63, 3.8) is 0 Å². The monoisotopic (exact) mass is 328 g/mol. The fourth-order valence-corrected chi connectivity index (χ4v) is 2.93. The molecule has 0 spiro atoms. The highest BCUT2D eigenvalue weighted by atomic mass is 16.5. The van der Waals surface area contributed by atoms with Gasteiger partial charge in [0, 0.05) is 5.39 Å². The normalized spacial score (nSPS) is 10.9. The molecule has 2 aromatic carbocycles. The van der Waals surface area contributed by atoms with Gasteiger partial charge in [-0.25, -0.2) is 0 Å². The molecule has 0 aromatic heterocycles. The summed E-state index contributed by atoms with van der Waals surface area (Å²) in [6.07, 6.45) is 9.64. The molecule has 128 valence electrons. The van der Waals surface area contributed by atoms with Crippen molar-refractivity contribution in [2.75, 3.05) is 6.61 Å². The molecule has 0 bridgehead atoms. The van der Waals surface area contributed by atoms with Crippen LogP contribution in [0, 0.1) is 0 Å². The maximum Gasteiger partial charge on any atom is 0.410 e. The first-order valence-electron chi connectivity index (χ1n) is 8.78. The molecule has 0 saturated heterocycles. The van der Waals surface area contributed by atoms with Crippen molar-refractivity contribution in [2.45, 2.75) is 58.3 Å². The summed E-state index contributed by atoms with van der Waals surface area (Å²) in [5.41, 5.74) is 7.71. The number of unbranched alkanes of at least 4 members (excludes halogenated alkanes) is 7. The number of ether oxygens (including phenoxy) is 1. The molecular weight excluding hydrogens is 304 g/mol. The Morgan fingerprint density at radius 1 is 0.958 bits per heavy atom. The van der Waals surface area contributed by atoms with Gasteiger partial charge >= 0.3 is 5.36 Å². The Bertz CT molecular complexity index is 844. The number of rotatable bonds is 10. The van der Waals surface area contributed by atoms with Crippen LogP contribution in [0.4, 0.5) is 0 Å². The minimum Gasteiger partial charge on any atom is -0.493 e. The van der Waals surface area contributed by atoms with Gasteiger partial charge in [0.2, 0.25) is 0 Å². The lowest BCUT2D eigenvalue weighted by molar-refractivity contribution is -0.0674. The molecule has 0 atom stereocenters. The molecule has 0 N–H and O–H groups in total. The molecule has 2 rings (SSSR count). The maximum absolute atomic E-state index is 12.1. The average Bonchev–Trinajstić information content (AvgIpc) is 2.84. The molecule has 0 saturated carbocycles. The van der Waals surface area contributed by atoms with Gasteiger partial charge in [0.15, 0.2) is 0 Å². The Kier molecular flexibility index (Phi) is 6.89. The van der Waals surface area contributed by atoms with Crippen LogP contribution >= 0.6 is 0 Å². The lowest BCUT2D eigenvalue weighted by Crippen LogP contribution is -2.32. The van der Waals surface area contributed by atoms with E-state index in [9.17, 15) is 9.59 Å². The highest BCUT2D eigenvalue weighted by Crippen LogP contribution is 2.20. The molecule has 0 aliphatic heterocycles. The van der Waals surface area contributed by atoms with Gasteiger partial charge in [0.25, 0.3) is 10.9 Å². The molecule has 0 aliphatic carbocycles. The zero-order chi connectivity index (χ0) is 17.4. The van der Waals surface area contributed by atoms with E-state index in [1.165, 1.54) is 38.5 Å². The Labute approximate surface area is 141 Å². The summed E-state index contributed by atoms with van der Waals surface area (Å²) in [5, 5.41) is 0.0317. The van der Waals surface area contributed by atoms with Crippen molar-refractivity contribution in [2.24, 2.45) is 0 Å². The van der Waals surface area contributed by atoms with Crippen molar-refractivity contribution in [3.05, 3.63) is 49.5 Å². The zero-order valence-corrected chi connectivity index (χ0v) is 14.2. The van der Waals surface area contributed by atoms with Crippen LogP contribution in [0.25, 0.3) is 16.3 Å². The Hall–Kier alpha value is -2.26. The second-order valence-electron chi connectivity index (χ2n) is 6.11. The third-order valence-corrected chi connectivity index (χ3v) is 4.28. The lowest BCUT2D eigenvalue weighted by atomic mass is 10.1. The summed E-state index contributed by atoms with van der Waals surface area (Å²) < 4.78 is 5.70. The topological polar surface area (TPSA) is 79.8 Å². The first-order valence-corrected chi connectivity index (χ1v) is 8.78. The summed E-state index contributed by atoms with van der Waals surface area (Å²) in [5.74, 6) is 0.396. The molecule has 0 fully saturated rings. The van der Waals surface area contributed by atoms with Crippen molar-refractivity contribution in [1.82, 2.24) is 0 Å². The van der Waals surface area contributed by atoms with Crippen molar-refractivity contribution < 1.29 is 9.53 Å². The number of nitrogens with zero attached hydrogens (tertiary/aromatic N) is 2. The molecule has 0 heterocycles. The maximum atomic E-state index is 12.1. The highest BCUT2D eigenvalue weighted by molar-refractivity contribution is 5.88. The zero-order valence-electron chi connectivity index (χ0n) is 14.2.